The van der Waals surface area contributed by atoms with E-state index < -0.39 is 41.2 Å². The predicted molar refractivity (Wildman–Crippen MR) is 230 cm³/mol. The zero-order chi connectivity index (χ0) is 44.9. The first-order valence-corrected chi connectivity index (χ1v) is 20.3. The number of alkyl halides is 6. The number of aryl methyl sites for hydroxylation is 2. The van der Waals surface area contributed by atoms with Crippen molar-refractivity contribution in [2.75, 3.05) is 27.2 Å². The van der Waals surface area contributed by atoms with Crippen molar-refractivity contribution in [1.29, 1.82) is 0 Å². The van der Waals surface area contributed by atoms with Gasteiger partial charge in [-0.05, 0) is 148 Å². The highest BCUT2D eigenvalue weighted by Gasteiger charge is 2.38. The van der Waals surface area contributed by atoms with Crippen LogP contribution in [0.25, 0.3) is 22.3 Å². The molecule has 15 heteroatoms. The summed E-state index contributed by atoms with van der Waals surface area (Å²) in [5, 5.41) is 3.19. The van der Waals surface area contributed by atoms with Gasteiger partial charge in [-0.2, -0.15) is 26.3 Å². The Labute approximate surface area is 366 Å². The van der Waals surface area contributed by atoms with Crippen LogP contribution in [0.3, 0.4) is 0 Å². The fourth-order valence-corrected chi connectivity index (χ4v) is 7.61. The van der Waals surface area contributed by atoms with Gasteiger partial charge in [0.25, 0.3) is 0 Å². The van der Waals surface area contributed by atoms with Crippen LogP contribution in [0.4, 0.5) is 31.1 Å². The second-order valence-electron chi connectivity index (χ2n) is 16.9. The summed E-state index contributed by atoms with van der Waals surface area (Å²) in [6, 6.07) is 21.8. The van der Waals surface area contributed by atoms with Crippen LogP contribution in [0.1, 0.15) is 79.8 Å². The molecule has 2 aliphatic rings. The van der Waals surface area contributed by atoms with Crippen LogP contribution in [-0.2, 0) is 39.8 Å². The van der Waals surface area contributed by atoms with E-state index in [1.165, 1.54) is 11.0 Å². The minimum atomic E-state index is -4.42. The summed E-state index contributed by atoms with van der Waals surface area (Å²) in [6.07, 6.45) is -6.19. The van der Waals surface area contributed by atoms with Gasteiger partial charge in [0.1, 0.15) is 11.6 Å². The standard InChI is InChI=1S/C26H31F3N2O3.C21H23F3N2O.ClH/c1-17-12-20(15-21(13-17)26(27,28)29)19-9-6-8-18(14-19)16-30(5)23(32)22-10-7-11-31(22)24(33)34-25(2,3)4;1-14-9-17(12-18(10-14)21(22,23)24)16-6-3-5-15(11-16)13-26(2)20(27)19-7-4-8-25-19;/h6,8-9,12-15,22H,7,10-11,16H2,1-5H3;3,5-6,9-12,19,25H,4,7-8,13H2,1-2H3;1H/t22-;19-;/m00./s1. The summed E-state index contributed by atoms with van der Waals surface area (Å²) in [5.41, 5.74) is 3.10. The average molecular weight is 889 g/mol. The van der Waals surface area contributed by atoms with Crippen LogP contribution < -0.4 is 5.32 Å². The third-order valence-electron chi connectivity index (χ3n) is 10.4. The third-order valence-corrected chi connectivity index (χ3v) is 10.4. The molecule has 2 atom stereocenters. The number of carbonyl (C=O) groups excluding carboxylic acids is 3. The molecule has 336 valence electrons. The van der Waals surface area contributed by atoms with Gasteiger partial charge in [0.2, 0.25) is 11.8 Å². The zero-order valence-corrected chi connectivity index (χ0v) is 36.9. The molecule has 6 rings (SSSR count). The van der Waals surface area contributed by atoms with E-state index in [4.69, 9.17) is 4.74 Å². The van der Waals surface area contributed by atoms with Crippen molar-refractivity contribution in [1.82, 2.24) is 20.0 Å². The molecule has 2 saturated heterocycles. The first kappa shape index (κ1) is 49.6. The Morgan fingerprint density at radius 3 is 1.60 bits per heavy atom. The Bertz CT molecular complexity index is 2200. The van der Waals surface area contributed by atoms with Crippen LogP contribution in [0, 0.1) is 13.8 Å². The maximum atomic E-state index is 13.2. The van der Waals surface area contributed by atoms with Gasteiger partial charge in [0.05, 0.1) is 17.2 Å². The lowest BCUT2D eigenvalue weighted by Crippen LogP contribution is -2.47. The largest absolute Gasteiger partial charge is 0.444 e. The molecule has 0 aromatic heterocycles. The van der Waals surface area contributed by atoms with E-state index in [-0.39, 0.29) is 36.8 Å². The van der Waals surface area contributed by atoms with Crippen molar-refractivity contribution in [2.45, 2.75) is 103 Å². The molecule has 0 radical (unpaired) electrons. The average Bonchev–Trinajstić information content (AvgIpc) is 3.90. The molecule has 1 N–H and O–H groups in total. The number of nitrogens with zero attached hydrogens (tertiary/aromatic N) is 3. The van der Waals surface area contributed by atoms with Crippen molar-refractivity contribution >= 4 is 30.3 Å². The summed E-state index contributed by atoms with van der Waals surface area (Å²) in [6.45, 7) is 10.6. The molecule has 4 aromatic rings. The Balaban J connectivity index is 0.000000275. The molecule has 0 saturated carbocycles. The van der Waals surface area contributed by atoms with Gasteiger partial charge in [-0.3, -0.25) is 14.5 Å². The lowest BCUT2D eigenvalue weighted by atomic mass is 9.98. The first-order chi connectivity index (χ1) is 28.5. The van der Waals surface area contributed by atoms with Gasteiger partial charge < -0.3 is 19.9 Å². The fourth-order valence-electron chi connectivity index (χ4n) is 7.61. The maximum Gasteiger partial charge on any atom is 0.416 e. The zero-order valence-electron chi connectivity index (χ0n) is 36.0. The SMILES string of the molecule is Cc1cc(-c2cccc(CN(C)C(=O)[C@@H]3CCCN3)c2)cc(C(F)(F)F)c1.Cc1cc(-c2cccc(CN(C)C(=O)[C@@H]3CCCN3C(=O)OC(C)(C)C)c2)cc(C(F)(F)F)c1.Cl. The second kappa shape index (κ2) is 20.4. The molecule has 2 heterocycles. The van der Waals surface area contributed by atoms with E-state index in [9.17, 15) is 40.7 Å². The van der Waals surface area contributed by atoms with Gasteiger partial charge in [-0.1, -0.05) is 48.5 Å². The predicted octanol–water partition coefficient (Wildman–Crippen LogP) is 10.9. The molecule has 2 aliphatic heterocycles. The maximum absolute atomic E-state index is 13.2. The number of rotatable bonds is 8. The number of halogens is 7. The van der Waals surface area contributed by atoms with E-state index in [2.05, 4.69) is 5.32 Å². The molecule has 0 unspecified atom stereocenters. The number of ether oxygens (including phenoxy) is 1. The normalized spacial score (nSPS) is 16.5. The van der Waals surface area contributed by atoms with Gasteiger partial charge in [-0.25, -0.2) is 4.79 Å². The number of benzene rings is 4. The Morgan fingerprint density at radius 1 is 0.677 bits per heavy atom. The minimum Gasteiger partial charge on any atom is -0.444 e. The topological polar surface area (TPSA) is 82.2 Å². The number of carbonyl (C=O) groups is 3. The summed E-state index contributed by atoms with van der Waals surface area (Å²) >= 11 is 0. The monoisotopic (exact) mass is 888 g/mol. The van der Waals surface area contributed by atoms with Gasteiger partial charge in [0.15, 0.2) is 0 Å². The number of amides is 3. The van der Waals surface area contributed by atoms with Crippen molar-refractivity contribution in [3.05, 3.63) is 118 Å². The van der Waals surface area contributed by atoms with E-state index in [1.54, 1.807) is 94.9 Å². The molecule has 3 amide bonds. The molecule has 0 bridgehead atoms. The molecule has 8 nitrogen and oxygen atoms in total. The van der Waals surface area contributed by atoms with Crippen molar-refractivity contribution in [3.8, 4) is 22.3 Å². The number of likely N-dealkylation sites (N-methyl/N-ethyl adjacent to an activating group) is 2. The lowest BCUT2D eigenvalue weighted by molar-refractivity contribution is -0.138. The number of hydrogen-bond acceptors (Lipinski definition) is 5. The molecular weight excluding hydrogens is 834 g/mol. The van der Waals surface area contributed by atoms with Crippen LogP contribution in [0.15, 0.2) is 84.9 Å². The summed E-state index contributed by atoms with van der Waals surface area (Å²) < 4.78 is 84.5. The minimum absolute atomic E-state index is 0. The fraction of sp³-hybridized carbons (Fsp3) is 0.426. The van der Waals surface area contributed by atoms with Gasteiger partial charge >= 0.3 is 18.4 Å². The molecular formula is C47H55ClF6N4O4. The molecule has 2 fully saturated rings. The number of likely N-dealkylation sites (tertiary alicyclic amines) is 1. The molecule has 4 aromatic carbocycles. The quantitative estimate of drug-likeness (QED) is 0.178. The number of hydrogen-bond donors (Lipinski definition) is 1. The summed E-state index contributed by atoms with van der Waals surface area (Å²) in [4.78, 5) is 42.8. The van der Waals surface area contributed by atoms with E-state index in [1.807, 2.05) is 24.3 Å². The Hall–Kier alpha value is -5.08. The second-order valence-corrected chi connectivity index (χ2v) is 16.9. The van der Waals surface area contributed by atoms with E-state index in [0.29, 0.717) is 59.3 Å². The van der Waals surface area contributed by atoms with E-state index in [0.717, 1.165) is 48.7 Å². The van der Waals surface area contributed by atoms with Crippen LogP contribution in [0.2, 0.25) is 0 Å². The Morgan fingerprint density at radius 2 is 1.16 bits per heavy atom. The van der Waals surface area contributed by atoms with Crippen LogP contribution in [0.5, 0.6) is 0 Å². The summed E-state index contributed by atoms with van der Waals surface area (Å²) in [7, 11) is 3.42. The van der Waals surface area contributed by atoms with Crippen molar-refractivity contribution in [2.24, 2.45) is 0 Å². The van der Waals surface area contributed by atoms with Gasteiger partial charge in [-0.15, -0.1) is 12.4 Å². The van der Waals surface area contributed by atoms with Crippen LogP contribution >= 0.6 is 12.4 Å². The van der Waals surface area contributed by atoms with Crippen molar-refractivity contribution in [3.63, 3.8) is 0 Å². The highest BCUT2D eigenvalue weighted by Crippen LogP contribution is 2.35. The third kappa shape index (κ3) is 13.5. The van der Waals surface area contributed by atoms with Crippen molar-refractivity contribution < 1.29 is 45.5 Å². The lowest BCUT2D eigenvalue weighted by Gasteiger charge is -2.30. The Kier molecular flexibility index (Phi) is 16.3. The van der Waals surface area contributed by atoms with Gasteiger partial charge in [0, 0.05) is 33.7 Å². The highest BCUT2D eigenvalue weighted by atomic mass is 35.5. The highest BCUT2D eigenvalue weighted by molar-refractivity contribution is 5.86. The summed E-state index contributed by atoms with van der Waals surface area (Å²) in [5.74, 6) is -0.142. The molecule has 0 aliphatic carbocycles. The van der Waals surface area contributed by atoms with Crippen LogP contribution in [-0.4, -0.2) is 77.5 Å². The smallest absolute Gasteiger partial charge is 0.416 e. The molecule has 62 heavy (non-hydrogen) atoms. The number of nitrogens with one attached hydrogen (secondary N) is 1. The first-order valence-electron chi connectivity index (χ1n) is 20.3. The molecule has 0 spiro atoms. The van der Waals surface area contributed by atoms with E-state index >= 15 is 0 Å².